The van der Waals surface area contributed by atoms with Gasteiger partial charge >= 0.3 is 6.36 Å². The summed E-state index contributed by atoms with van der Waals surface area (Å²) in [5.41, 5.74) is 1.26. The lowest BCUT2D eigenvalue weighted by Gasteiger charge is -2.13. The van der Waals surface area contributed by atoms with Gasteiger partial charge in [0.15, 0.2) is 5.11 Å². The van der Waals surface area contributed by atoms with Gasteiger partial charge in [0.1, 0.15) is 17.2 Å². The lowest BCUT2D eigenvalue weighted by atomic mass is 10.3. The Bertz CT molecular complexity index is 1030. The minimum absolute atomic E-state index is 0.313. The van der Waals surface area contributed by atoms with Crippen molar-refractivity contribution in [2.45, 2.75) is 6.36 Å². The van der Waals surface area contributed by atoms with Crippen LogP contribution in [0.15, 0.2) is 66.7 Å². The maximum atomic E-state index is 12.2. The second kappa shape index (κ2) is 9.42. The zero-order chi connectivity index (χ0) is 21.7. The van der Waals surface area contributed by atoms with Crippen LogP contribution in [0.3, 0.4) is 0 Å². The summed E-state index contributed by atoms with van der Waals surface area (Å²) in [6, 6.07) is 16.9. The third-order valence-electron chi connectivity index (χ3n) is 3.58. The van der Waals surface area contributed by atoms with Crippen LogP contribution in [-0.4, -0.2) is 11.5 Å². The largest absolute Gasteiger partial charge is 0.573 e. The van der Waals surface area contributed by atoms with Gasteiger partial charge in [-0.2, -0.15) is 0 Å². The lowest BCUT2D eigenvalue weighted by molar-refractivity contribution is -0.274. The first kappa shape index (κ1) is 22.0. The summed E-state index contributed by atoms with van der Waals surface area (Å²) in [5, 5.41) is 7.26. The quantitative estimate of drug-likeness (QED) is 0.376. The van der Waals surface area contributed by atoms with Gasteiger partial charge in [-0.1, -0.05) is 23.2 Å². The number of thiocarbonyl (C=S) groups is 1. The Morgan fingerprint density at radius 3 is 1.97 bits per heavy atom. The number of anilines is 2. The van der Waals surface area contributed by atoms with E-state index in [4.69, 9.17) is 40.2 Å². The van der Waals surface area contributed by atoms with Gasteiger partial charge in [-0.15, -0.1) is 13.2 Å². The van der Waals surface area contributed by atoms with Crippen LogP contribution in [0.5, 0.6) is 17.2 Å². The first-order chi connectivity index (χ1) is 14.2. The van der Waals surface area contributed by atoms with E-state index in [1.54, 1.807) is 42.5 Å². The number of alkyl halides is 3. The molecule has 10 heteroatoms. The Morgan fingerprint density at radius 1 is 0.800 bits per heavy atom. The Balaban J connectivity index is 1.57. The second-order valence-electron chi connectivity index (χ2n) is 5.85. The van der Waals surface area contributed by atoms with Crippen LogP contribution in [0.4, 0.5) is 24.5 Å². The van der Waals surface area contributed by atoms with Gasteiger partial charge < -0.3 is 20.1 Å². The van der Waals surface area contributed by atoms with Gasteiger partial charge in [0.05, 0.1) is 10.7 Å². The molecule has 3 aromatic carbocycles. The fourth-order valence-electron chi connectivity index (χ4n) is 2.33. The normalized spacial score (nSPS) is 11.0. The van der Waals surface area contributed by atoms with E-state index in [-0.39, 0.29) is 5.75 Å². The number of ether oxygens (including phenoxy) is 2. The van der Waals surface area contributed by atoms with Crippen molar-refractivity contribution in [2.24, 2.45) is 0 Å². The van der Waals surface area contributed by atoms with Gasteiger partial charge in [-0.05, 0) is 78.9 Å². The average molecular weight is 473 g/mol. The van der Waals surface area contributed by atoms with Crippen LogP contribution in [0.2, 0.25) is 10.0 Å². The minimum Gasteiger partial charge on any atom is -0.457 e. The molecule has 0 radical (unpaired) electrons. The summed E-state index contributed by atoms with van der Waals surface area (Å²) in [6.45, 7) is 0. The average Bonchev–Trinajstić information content (AvgIpc) is 2.67. The third kappa shape index (κ3) is 6.69. The fourth-order valence-corrected chi connectivity index (χ4v) is 2.89. The third-order valence-corrected chi connectivity index (χ3v) is 4.35. The summed E-state index contributed by atoms with van der Waals surface area (Å²) < 4.78 is 46.0. The molecule has 0 aliphatic carbocycles. The predicted molar refractivity (Wildman–Crippen MR) is 116 cm³/mol. The van der Waals surface area contributed by atoms with Crippen LogP contribution in [0.25, 0.3) is 0 Å². The minimum atomic E-state index is -4.74. The summed E-state index contributed by atoms with van der Waals surface area (Å²) in [7, 11) is 0. The topological polar surface area (TPSA) is 42.5 Å². The molecule has 0 heterocycles. The van der Waals surface area contributed by atoms with E-state index in [0.29, 0.717) is 38.0 Å². The highest BCUT2D eigenvalue weighted by atomic mass is 35.5. The summed E-state index contributed by atoms with van der Waals surface area (Å²) in [5.74, 6) is 0.523. The van der Waals surface area contributed by atoms with Crippen molar-refractivity contribution in [3.8, 4) is 17.2 Å². The molecule has 0 atom stereocenters. The molecule has 2 N–H and O–H groups in total. The molecule has 0 amide bonds. The number of hydrogen-bond acceptors (Lipinski definition) is 3. The molecular formula is C20H13Cl2F3N2O2S. The molecule has 0 fully saturated rings. The van der Waals surface area contributed by atoms with Gasteiger partial charge in [-0.25, -0.2) is 0 Å². The Morgan fingerprint density at radius 2 is 1.37 bits per heavy atom. The standard InChI is InChI=1S/C20H13Cl2F3N2O2S/c21-12-1-10-17(22)18(11-12)27-19(30)26-13-2-4-14(5-3-13)28-15-6-8-16(9-7-15)29-20(23,24)25/h1-11H,(H2,26,27,30). The SMILES string of the molecule is FC(F)(F)Oc1ccc(Oc2ccc(NC(=S)Nc3cc(Cl)ccc3Cl)cc2)cc1. The van der Waals surface area contributed by atoms with Gasteiger partial charge in [0.25, 0.3) is 0 Å². The molecule has 0 unspecified atom stereocenters. The highest BCUT2D eigenvalue weighted by Crippen LogP contribution is 2.28. The van der Waals surface area contributed by atoms with Crippen molar-refractivity contribution in [1.82, 2.24) is 0 Å². The monoisotopic (exact) mass is 472 g/mol. The molecule has 0 saturated heterocycles. The molecule has 0 aromatic heterocycles. The summed E-state index contributed by atoms with van der Waals surface area (Å²) in [6.07, 6.45) is -4.74. The van der Waals surface area contributed by atoms with Crippen molar-refractivity contribution in [3.63, 3.8) is 0 Å². The predicted octanol–water partition coefficient (Wildman–Crippen LogP) is 7.49. The molecule has 30 heavy (non-hydrogen) atoms. The molecule has 0 aliphatic heterocycles. The maximum Gasteiger partial charge on any atom is 0.573 e. The Labute approximate surface area is 185 Å². The smallest absolute Gasteiger partial charge is 0.457 e. The molecular weight excluding hydrogens is 460 g/mol. The highest BCUT2D eigenvalue weighted by Gasteiger charge is 2.30. The summed E-state index contributed by atoms with van der Waals surface area (Å²) in [4.78, 5) is 0. The van der Waals surface area contributed by atoms with E-state index >= 15 is 0 Å². The van der Waals surface area contributed by atoms with Crippen LogP contribution < -0.4 is 20.1 Å². The van der Waals surface area contributed by atoms with Crippen molar-refractivity contribution < 1.29 is 22.6 Å². The molecule has 0 aliphatic rings. The van der Waals surface area contributed by atoms with Crippen molar-refractivity contribution in [1.29, 1.82) is 0 Å². The van der Waals surface area contributed by atoms with Gasteiger partial charge in [0.2, 0.25) is 0 Å². The number of nitrogens with one attached hydrogen (secondary N) is 2. The zero-order valence-electron chi connectivity index (χ0n) is 15.0. The van der Waals surface area contributed by atoms with Crippen molar-refractivity contribution >= 4 is 51.9 Å². The molecule has 0 spiro atoms. The summed E-state index contributed by atoms with van der Waals surface area (Å²) >= 11 is 17.3. The zero-order valence-corrected chi connectivity index (χ0v) is 17.3. The van der Waals surface area contributed by atoms with E-state index in [1.807, 2.05) is 0 Å². The number of benzene rings is 3. The number of rotatable bonds is 5. The van der Waals surface area contributed by atoms with Crippen molar-refractivity contribution in [3.05, 3.63) is 76.8 Å². The van der Waals surface area contributed by atoms with Crippen molar-refractivity contribution in [2.75, 3.05) is 10.6 Å². The van der Waals surface area contributed by atoms with Crippen LogP contribution in [0, 0.1) is 0 Å². The molecule has 3 rings (SSSR count). The van der Waals surface area contributed by atoms with E-state index < -0.39 is 6.36 Å². The van der Waals surface area contributed by atoms with E-state index in [1.165, 1.54) is 24.3 Å². The van der Waals surface area contributed by atoms with E-state index in [0.717, 1.165) is 0 Å². The fraction of sp³-hybridized carbons (Fsp3) is 0.0500. The Hall–Kier alpha value is -2.68. The number of halogens is 5. The lowest BCUT2D eigenvalue weighted by Crippen LogP contribution is -2.19. The molecule has 3 aromatic rings. The Kier molecular flexibility index (Phi) is 6.91. The van der Waals surface area contributed by atoms with Crippen LogP contribution >= 0.6 is 35.4 Å². The maximum absolute atomic E-state index is 12.2. The molecule has 4 nitrogen and oxygen atoms in total. The van der Waals surface area contributed by atoms with Gasteiger partial charge in [-0.3, -0.25) is 0 Å². The van der Waals surface area contributed by atoms with Crippen LogP contribution in [-0.2, 0) is 0 Å². The highest BCUT2D eigenvalue weighted by molar-refractivity contribution is 7.80. The first-order valence-corrected chi connectivity index (χ1v) is 9.51. The molecule has 0 bridgehead atoms. The first-order valence-electron chi connectivity index (χ1n) is 8.35. The van der Waals surface area contributed by atoms with Crippen LogP contribution in [0.1, 0.15) is 0 Å². The van der Waals surface area contributed by atoms with E-state index in [2.05, 4.69) is 15.4 Å². The number of hydrogen-bond donors (Lipinski definition) is 2. The van der Waals surface area contributed by atoms with E-state index in [9.17, 15) is 13.2 Å². The molecule has 156 valence electrons. The second-order valence-corrected chi connectivity index (χ2v) is 7.10. The van der Waals surface area contributed by atoms with Gasteiger partial charge in [0, 0.05) is 10.7 Å². The molecule has 0 saturated carbocycles.